The Kier molecular flexibility index (Phi) is 6.08. The molecule has 0 saturated heterocycles. The summed E-state index contributed by atoms with van der Waals surface area (Å²) in [4.78, 5) is 4.49. The fourth-order valence-corrected chi connectivity index (χ4v) is 5.12. The number of nitriles is 1. The highest BCUT2D eigenvalue weighted by Crippen LogP contribution is 2.40. The van der Waals surface area contributed by atoms with Crippen LogP contribution in [-0.4, -0.2) is 19.7 Å². The lowest BCUT2D eigenvalue weighted by Gasteiger charge is -2.16. The highest BCUT2D eigenvalue weighted by molar-refractivity contribution is 9.10. The summed E-state index contributed by atoms with van der Waals surface area (Å²) in [5.74, 6) is 0.00878. The first-order valence-electron chi connectivity index (χ1n) is 8.20. The SMILES string of the molecule is CSc1nc(NS(=O)(=O)c2ccc(C)cc2)c(C#N)c(-c2ccccc2)c1Br. The molecule has 0 spiro atoms. The van der Waals surface area contributed by atoms with Crippen molar-refractivity contribution in [2.24, 2.45) is 0 Å². The molecule has 0 fully saturated rings. The molecule has 0 aliphatic rings. The second kappa shape index (κ2) is 8.35. The Hall–Kier alpha value is -2.34. The number of halogens is 1. The molecule has 1 N–H and O–H groups in total. The molecule has 0 radical (unpaired) electrons. The van der Waals surface area contributed by atoms with E-state index in [0.717, 1.165) is 11.1 Å². The van der Waals surface area contributed by atoms with E-state index in [4.69, 9.17) is 0 Å². The van der Waals surface area contributed by atoms with Gasteiger partial charge in [-0.3, -0.25) is 4.72 Å². The average molecular weight is 474 g/mol. The third-order valence-corrected chi connectivity index (χ3v) is 7.11. The monoisotopic (exact) mass is 473 g/mol. The second-order valence-corrected chi connectivity index (χ2v) is 9.20. The van der Waals surface area contributed by atoms with Crippen molar-refractivity contribution in [1.82, 2.24) is 4.98 Å². The molecule has 3 aromatic rings. The molecule has 1 heterocycles. The largest absolute Gasteiger partial charge is 0.263 e. The van der Waals surface area contributed by atoms with Crippen molar-refractivity contribution in [2.75, 3.05) is 11.0 Å². The summed E-state index contributed by atoms with van der Waals surface area (Å²) in [5, 5.41) is 10.4. The van der Waals surface area contributed by atoms with Crippen LogP contribution in [0, 0.1) is 18.3 Å². The first kappa shape index (κ1) is 20.4. The van der Waals surface area contributed by atoms with Crippen LogP contribution in [0.4, 0.5) is 5.82 Å². The topological polar surface area (TPSA) is 82.8 Å². The number of nitrogens with one attached hydrogen (secondary N) is 1. The predicted molar refractivity (Wildman–Crippen MR) is 116 cm³/mol. The maximum absolute atomic E-state index is 12.8. The Morgan fingerprint density at radius 3 is 2.32 bits per heavy atom. The lowest BCUT2D eigenvalue weighted by Crippen LogP contribution is -2.16. The van der Waals surface area contributed by atoms with E-state index in [-0.39, 0.29) is 16.3 Å². The minimum absolute atomic E-state index is 0.00878. The number of nitrogens with zero attached hydrogens (tertiary/aromatic N) is 2. The van der Waals surface area contributed by atoms with Gasteiger partial charge in [-0.15, -0.1) is 11.8 Å². The van der Waals surface area contributed by atoms with Crippen LogP contribution in [0.2, 0.25) is 0 Å². The van der Waals surface area contributed by atoms with E-state index >= 15 is 0 Å². The van der Waals surface area contributed by atoms with Crippen LogP contribution in [0.15, 0.2) is 69.0 Å². The van der Waals surface area contributed by atoms with Crippen molar-refractivity contribution in [3.8, 4) is 17.2 Å². The number of aromatic nitrogens is 1. The molecule has 0 aliphatic carbocycles. The third-order valence-electron chi connectivity index (χ3n) is 4.04. The van der Waals surface area contributed by atoms with E-state index in [9.17, 15) is 13.7 Å². The number of rotatable bonds is 5. The van der Waals surface area contributed by atoms with Crippen molar-refractivity contribution in [3.05, 3.63) is 70.2 Å². The van der Waals surface area contributed by atoms with E-state index < -0.39 is 10.0 Å². The lowest BCUT2D eigenvalue weighted by atomic mass is 10.0. The van der Waals surface area contributed by atoms with E-state index in [0.29, 0.717) is 15.1 Å². The average Bonchev–Trinajstić information content (AvgIpc) is 2.69. The highest BCUT2D eigenvalue weighted by atomic mass is 79.9. The van der Waals surface area contributed by atoms with Gasteiger partial charge in [0.15, 0.2) is 5.82 Å². The smallest absolute Gasteiger partial charge is 0.262 e. The maximum Gasteiger partial charge on any atom is 0.263 e. The summed E-state index contributed by atoms with van der Waals surface area (Å²) in [7, 11) is -3.89. The zero-order valence-corrected chi connectivity index (χ0v) is 18.3. The summed E-state index contributed by atoms with van der Waals surface area (Å²) >= 11 is 4.88. The molecule has 0 saturated carbocycles. The standard InChI is InChI=1S/C20H16BrN3O2S2/c1-13-8-10-15(11-9-13)28(25,26)24-19-16(12-22)17(14-6-4-3-5-7-14)18(21)20(23-19)27-2/h3-11H,1-2H3,(H,23,24). The van der Waals surface area contributed by atoms with Crippen LogP contribution in [-0.2, 0) is 10.0 Å². The number of hydrogen-bond donors (Lipinski definition) is 1. The molecule has 142 valence electrons. The number of benzene rings is 2. The molecule has 5 nitrogen and oxygen atoms in total. The van der Waals surface area contributed by atoms with E-state index in [2.05, 4.69) is 31.7 Å². The van der Waals surface area contributed by atoms with Gasteiger partial charge in [-0.25, -0.2) is 13.4 Å². The minimum Gasteiger partial charge on any atom is -0.262 e. The van der Waals surface area contributed by atoms with Crippen molar-refractivity contribution < 1.29 is 8.42 Å². The molecular formula is C20H16BrN3O2S2. The van der Waals surface area contributed by atoms with Crippen molar-refractivity contribution in [2.45, 2.75) is 16.8 Å². The quantitative estimate of drug-likeness (QED) is 0.513. The van der Waals surface area contributed by atoms with Gasteiger partial charge in [0.25, 0.3) is 10.0 Å². The minimum atomic E-state index is -3.89. The van der Waals surface area contributed by atoms with Gasteiger partial charge in [-0.2, -0.15) is 5.26 Å². The second-order valence-electron chi connectivity index (χ2n) is 5.93. The van der Waals surface area contributed by atoms with Gasteiger partial charge >= 0.3 is 0 Å². The van der Waals surface area contributed by atoms with Gasteiger partial charge in [0.05, 0.1) is 9.37 Å². The fourth-order valence-electron chi connectivity index (χ4n) is 2.64. The highest BCUT2D eigenvalue weighted by Gasteiger charge is 2.23. The summed E-state index contributed by atoms with van der Waals surface area (Å²) < 4.78 is 28.8. The Bertz CT molecular complexity index is 1160. The molecular weight excluding hydrogens is 458 g/mol. The van der Waals surface area contributed by atoms with Crippen molar-refractivity contribution in [3.63, 3.8) is 0 Å². The van der Waals surface area contributed by atoms with Crippen LogP contribution in [0.5, 0.6) is 0 Å². The molecule has 28 heavy (non-hydrogen) atoms. The molecule has 0 aliphatic heterocycles. The summed E-state index contributed by atoms with van der Waals surface area (Å²) in [6, 6.07) is 17.9. The number of pyridine rings is 1. The van der Waals surface area contributed by atoms with Gasteiger partial charge in [0, 0.05) is 5.56 Å². The van der Waals surface area contributed by atoms with E-state index in [1.165, 1.54) is 23.9 Å². The number of hydrogen-bond acceptors (Lipinski definition) is 5. The van der Waals surface area contributed by atoms with Crippen LogP contribution in [0.25, 0.3) is 11.1 Å². The molecule has 0 amide bonds. The maximum atomic E-state index is 12.8. The number of sulfonamides is 1. The normalized spacial score (nSPS) is 11.1. The van der Waals surface area contributed by atoms with Crippen LogP contribution in [0.1, 0.15) is 11.1 Å². The molecule has 0 atom stereocenters. The number of thioether (sulfide) groups is 1. The summed E-state index contributed by atoms with van der Waals surface area (Å²) in [5.41, 5.74) is 2.50. The third kappa shape index (κ3) is 4.07. The van der Waals surface area contributed by atoms with Gasteiger partial charge in [-0.05, 0) is 46.8 Å². The Labute approximate surface area is 177 Å². The summed E-state index contributed by atoms with van der Waals surface area (Å²) in [6.45, 7) is 1.88. The van der Waals surface area contributed by atoms with Gasteiger partial charge in [-0.1, -0.05) is 48.0 Å². The predicted octanol–water partition coefficient (Wildman–Crippen LogP) is 5.21. The number of anilines is 1. The van der Waals surface area contributed by atoms with Crippen LogP contribution < -0.4 is 4.72 Å². The first-order chi connectivity index (χ1) is 13.4. The van der Waals surface area contributed by atoms with Gasteiger partial charge in [0.1, 0.15) is 16.7 Å². The Morgan fingerprint density at radius 1 is 1.11 bits per heavy atom. The van der Waals surface area contributed by atoms with E-state index in [1.54, 1.807) is 12.1 Å². The molecule has 2 aromatic carbocycles. The molecule has 8 heteroatoms. The Balaban J connectivity index is 2.19. The molecule has 3 rings (SSSR count). The number of aryl methyl sites for hydroxylation is 1. The lowest BCUT2D eigenvalue weighted by molar-refractivity contribution is 0.601. The Morgan fingerprint density at radius 2 is 1.75 bits per heavy atom. The summed E-state index contributed by atoms with van der Waals surface area (Å²) in [6.07, 6.45) is 1.84. The molecule has 0 bridgehead atoms. The van der Waals surface area contributed by atoms with Gasteiger partial charge < -0.3 is 0 Å². The fraction of sp³-hybridized carbons (Fsp3) is 0.100. The zero-order chi connectivity index (χ0) is 20.3. The molecule has 1 aromatic heterocycles. The van der Waals surface area contributed by atoms with Crippen LogP contribution >= 0.6 is 27.7 Å². The first-order valence-corrected chi connectivity index (χ1v) is 11.7. The zero-order valence-electron chi connectivity index (χ0n) is 15.1. The van der Waals surface area contributed by atoms with Crippen molar-refractivity contribution in [1.29, 1.82) is 5.26 Å². The van der Waals surface area contributed by atoms with E-state index in [1.807, 2.05) is 43.5 Å². The van der Waals surface area contributed by atoms with Crippen molar-refractivity contribution >= 4 is 43.5 Å². The van der Waals surface area contributed by atoms with Gasteiger partial charge in [0.2, 0.25) is 0 Å². The van der Waals surface area contributed by atoms with Crippen LogP contribution in [0.3, 0.4) is 0 Å². The molecule has 0 unspecified atom stereocenters.